The van der Waals surface area contributed by atoms with Gasteiger partial charge in [0.05, 0.1) is 18.7 Å². The minimum Gasteiger partial charge on any atom is -0.497 e. The normalized spacial score (nSPS) is 12.0. The molecule has 2 aromatic rings. The molecule has 2 rings (SSSR count). The Morgan fingerprint density at radius 2 is 1.95 bits per heavy atom. The minimum atomic E-state index is -0.326. The molecule has 2 N–H and O–H groups in total. The summed E-state index contributed by atoms with van der Waals surface area (Å²) in [5.74, 6) is 1.10. The number of hydrogen-bond donors (Lipinski definition) is 1. The molecule has 1 atom stereocenters. The summed E-state index contributed by atoms with van der Waals surface area (Å²) in [6, 6.07) is 10.1. The van der Waals surface area contributed by atoms with Gasteiger partial charge < -0.3 is 15.2 Å². The molecule has 2 aromatic carbocycles. The minimum absolute atomic E-state index is 0.294. The van der Waals surface area contributed by atoms with E-state index in [0.29, 0.717) is 22.4 Å². The van der Waals surface area contributed by atoms with Crippen molar-refractivity contribution in [3.63, 3.8) is 0 Å². The van der Waals surface area contributed by atoms with Gasteiger partial charge in [0.2, 0.25) is 0 Å². The van der Waals surface area contributed by atoms with Crippen LogP contribution in [-0.2, 0) is 6.42 Å². The van der Waals surface area contributed by atoms with Crippen molar-refractivity contribution in [2.45, 2.75) is 12.5 Å². The molecular weight excluding hydrogens is 337 g/mol. The van der Waals surface area contributed by atoms with E-state index in [2.05, 4.69) is 15.9 Å². The van der Waals surface area contributed by atoms with Gasteiger partial charge in [-0.3, -0.25) is 0 Å². The van der Waals surface area contributed by atoms with Gasteiger partial charge in [-0.25, -0.2) is 4.39 Å². The number of nitrogens with two attached hydrogens (primary N) is 1. The molecule has 0 fully saturated rings. The van der Waals surface area contributed by atoms with E-state index in [1.165, 1.54) is 6.07 Å². The topological polar surface area (TPSA) is 44.5 Å². The first kappa shape index (κ1) is 15.8. The molecule has 0 spiro atoms. The zero-order valence-corrected chi connectivity index (χ0v) is 13.5. The molecule has 21 heavy (non-hydrogen) atoms. The Morgan fingerprint density at radius 1 is 1.19 bits per heavy atom. The van der Waals surface area contributed by atoms with Crippen LogP contribution in [0.15, 0.2) is 40.9 Å². The average Bonchev–Trinajstić information content (AvgIpc) is 2.51. The largest absolute Gasteiger partial charge is 0.497 e. The molecule has 0 aliphatic rings. The van der Waals surface area contributed by atoms with Gasteiger partial charge in [0.1, 0.15) is 17.3 Å². The average molecular weight is 354 g/mol. The maximum atomic E-state index is 13.6. The summed E-state index contributed by atoms with van der Waals surface area (Å²) in [6.45, 7) is 0. The van der Waals surface area contributed by atoms with E-state index in [4.69, 9.17) is 15.2 Å². The number of halogens is 2. The fourth-order valence-electron chi connectivity index (χ4n) is 2.18. The van der Waals surface area contributed by atoms with Crippen molar-refractivity contribution >= 4 is 15.9 Å². The van der Waals surface area contributed by atoms with Crippen LogP contribution in [0, 0.1) is 5.82 Å². The fraction of sp³-hybridized carbons (Fsp3) is 0.250. The Bertz CT molecular complexity index is 634. The second-order valence-electron chi connectivity index (χ2n) is 4.63. The number of methoxy groups -OCH3 is 2. The molecule has 0 aromatic heterocycles. The van der Waals surface area contributed by atoms with Gasteiger partial charge in [-0.1, -0.05) is 12.1 Å². The molecule has 0 aliphatic heterocycles. The molecule has 0 saturated carbocycles. The highest BCUT2D eigenvalue weighted by Crippen LogP contribution is 2.31. The van der Waals surface area contributed by atoms with Crippen molar-refractivity contribution in [3.8, 4) is 11.5 Å². The summed E-state index contributed by atoms with van der Waals surface area (Å²) < 4.78 is 24.6. The quantitative estimate of drug-likeness (QED) is 0.887. The van der Waals surface area contributed by atoms with Gasteiger partial charge in [-0.15, -0.1) is 0 Å². The van der Waals surface area contributed by atoms with Crippen LogP contribution in [0.25, 0.3) is 0 Å². The molecule has 0 aliphatic carbocycles. The highest BCUT2D eigenvalue weighted by molar-refractivity contribution is 9.10. The SMILES string of the molecule is COc1ccc(OC)c(C(N)Cc2cccc(F)c2Br)c1. The van der Waals surface area contributed by atoms with Crippen molar-refractivity contribution in [2.75, 3.05) is 14.2 Å². The number of ether oxygens (including phenoxy) is 2. The van der Waals surface area contributed by atoms with E-state index >= 15 is 0 Å². The third-order valence-corrected chi connectivity index (χ3v) is 4.20. The van der Waals surface area contributed by atoms with E-state index in [-0.39, 0.29) is 11.9 Å². The summed E-state index contributed by atoms with van der Waals surface area (Å²) in [7, 11) is 3.19. The lowest BCUT2D eigenvalue weighted by Gasteiger charge is -2.17. The van der Waals surface area contributed by atoms with Crippen molar-refractivity contribution in [1.82, 2.24) is 0 Å². The van der Waals surface area contributed by atoms with Gasteiger partial charge >= 0.3 is 0 Å². The Labute approximate surface area is 132 Å². The molecule has 0 heterocycles. The molecular formula is C16H17BrFNO2. The maximum absolute atomic E-state index is 13.6. The lowest BCUT2D eigenvalue weighted by molar-refractivity contribution is 0.395. The first-order valence-corrected chi connectivity index (χ1v) is 7.26. The van der Waals surface area contributed by atoms with Crippen LogP contribution in [0.4, 0.5) is 4.39 Å². The first-order valence-electron chi connectivity index (χ1n) is 6.47. The third-order valence-electron chi connectivity index (χ3n) is 3.31. The van der Waals surface area contributed by atoms with E-state index < -0.39 is 0 Å². The van der Waals surface area contributed by atoms with Crippen LogP contribution in [0.5, 0.6) is 11.5 Å². The predicted molar refractivity (Wildman–Crippen MR) is 84.3 cm³/mol. The molecule has 5 heteroatoms. The Morgan fingerprint density at radius 3 is 2.62 bits per heavy atom. The van der Waals surface area contributed by atoms with Crippen LogP contribution in [0.2, 0.25) is 0 Å². The summed E-state index contributed by atoms with van der Waals surface area (Å²) in [4.78, 5) is 0. The smallest absolute Gasteiger partial charge is 0.137 e. The standard InChI is InChI=1S/C16H17BrFNO2/c1-20-11-6-7-15(21-2)12(9-11)14(19)8-10-4-3-5-13(18)16(10)17/h3-7,9,14H,8,19H2,1-2H3. The van der Waals surface area contributed by atoms with E-state index in [1.54, 1.807) is 20.3 Å². The molecule has 0 bridgehead atoms. The van der Waals surface area contributed by atoms with Gasteiger partial charge in [-0.05, 0) is 52.2 Å². The van der Waals surface area contributed by atoms with Crippen LogP contribution in [0.3, 0.4) is 0 Å². The summed E-state index contributed by atoms with van der Waals surface area (Å²) in [5.41, 5.74) is 7.91. The van der Waals surface area contributed by atoms with Crippen LogP contribution >= 0.6 is 15.9 Å². The van der Waals surface area contributed by atoms with Crippen molar-refractivity contribution in [1.29, 1.82) is 0 Å². The van der Waals surface area contributed by atoms with Crippen LogP contribution in [0.1, 0.15) is 17.2 Å². The monoisotopic (exact) mass is 353 g/mol. The van der Waals surface area contributed by atoms with Gasteiger partial charge in [-0.2, -0.15) is 0 Å². The lowest BCUT2D eigenvalue weighted by Crippen LogP contribution is -2.15. The molecule has 3 nitrogen and oxygen atoms in total. The Kier molecular flexibility index (Phi) is 5.20. The van der Waals surface area contributed by atoms with Gasteiger partial charge in [0, 0.05) is 11.6 Å². The van der Waals surface area contributed by atoms with E-state index in [0.717, 1.165) is 11.1 Å². The van der Waals surface area contributed by atoms with E-state index in [1.807, 2.05) is 24.3 Å². The zero-order chi connectivity index (χ0) is 15.4. The highest BCUT2D eigenvalue weighted by atomic mass is 79.9. The molecule has 0 amide bonds. The predicted octanol–water partition coefficient (Wildman–Crippen LogP) is 3.85. The molecule has 0 radical (unpaired) electrons. The van der Waals surface area contributed by atoms with Crippen molar-refractivity contribution < 1.29 is 13.9 Å². The lowest BCUT2D eigenvalue weighted by atomic mass is 9.98. The van der Waals surface area contributed by atoms with E-state index in [9.17, 15) is 4.39 Å². The summed E-state index contributed by atoms with van der Waals surface area (Å²) in [5, 5.41) is 0. The second-order valence-corrected chi connectivity index (χ2v) is 5.42. The van der Waals surface area contributed by atoms with Gasteiger partial charge in [0.15, 0.2) is 0 Å². The summed E-state index contributed by atoms with van der Waals surface area (Å²) in [6.07, 6.45) is 0.488. The first-order chi connectivity index (χ1) is 10.1. The van der Waals surface area contributed by atoms with Crippen LogP contribution in [-0.4, -0.2) is 14.2 Å². The summed E-state index contributed by atoms with van der Waals surface area (Å²) >= 11 is 3.26. The highest BCUT2D eigenvalue weighted by Gasteiger charge is 2.16. The Hall–Kier alpha value is -1.59. The number of hydrogen-bond acceptors (Lipinski definition) is 3. The fourth-order valence-corrected chi connectivity index (χ4v) is 2.61. The second kappa shape index (κ2) is 6.91. The third kappa shape index (κ3) is 3.54. The van der Waals surface area contributed by atoms with Gasteiger partial charge in [0.25, 0.3) is 0 Å². The number of rotatable bonds is 5. The molecule has 112 valence electrons. The molecule has 0 saturated heterocycles. The molecule has 1 unspecified atom stereocenters. The van der Waals surface area contributed by atoms with Crippen molar-refractivity contribution in [3.05, 3.63) is 57.8 Å². The number of benzene rings is 2. The zero-order valence-electron chi connectivity index (χ0n) is 11.9. The van der Waals surface area contributed by atoms with Crippen molar-refractivity contribution in [2.24, 2.45) is 5.73 Å². The van der Waals surface area contributed by atoms with Crippen LogP contribution < -0.4 is 15.2 Å². The maximum Gasteiger partial charge on any atom is 0.137 e. The Balaban J connectivity index is 2.31.